The van der Waals surface area contributed by atoms with Crippen molar-refractivity contribution < 1.29 is 4.74 Å². The van der Waals surface area contributed by atoms with Crippen LogP contribution >= 0.6 is 0 Å². The van der Waals surface area contributed by atoms with Gasteiger partial charge in [0, 0.05) is 18.8 Å². The minimum Gasteiger partial charge on any atom is -0.369 e. The summed E-state index contributed by atoms with van der Waals surface area (Å²) >= 11 is 0. The van der Waals surface area contributed by atoms with Crippen LogP contribution in [0.2, 0.25) is 0 Å². The Morgan fingerprint density at radius 3 is 2.78 bits per heavy atom. The Kier molecular flexibility index (Phi) is 3.93. The lowest BCUT2D eigenvalue weighted by molar-refractivity contribution is -0.0750. The van der Waals surface area contributed by atoms with E-state index in [0.717, 1.165) is 19.5 Å². The van der Waals surface area contributed by atoms with E-state index in [-0.39, 0.29) is 11.7 Å². The van der Waals surface area contributed by atoms with Crippen LogP contribution in [0.1, 0.15) is 26.3 Å². The second-order valence-corrected chi connectivity index (χ2v) is 5.74. The zero-order valence-corrected chi connectivity index (χ0v) is 11.6. The van der Waals surface area contributed by atoms with Crippen molar-refractivity contribution in [3.63, 3.8) is 0 Å². The van der Waals surface area contributed by atoms with Crippen LogP contribution in [0.5, 0.6) is 0 Å². The van der Waals surface area contributed by atoms with E-state index in [1.807, 2.05) is 0 Å². The Morgan fingerprint density at radius 1 is 1.39 bits per heavy atom. The zero-order chi connectivity index (χ0) is 13.2. The van der Waals surface area contributed by atoms with Crippen molar-refractivity contribution in [3.05, 3.63) is 29.8 Å². The molecule has 1 fully saturated rings. The van der Waals surface area contributed by atoms with Gasteiger partial charge in [0.2, 0.25) is 0 Å². The predicted octanol–water partition coefficient (Wildman–Crippen LogP) is 2.19. The number of para-hydroxylation sites is 1. The molecule has 1 aliphatic rings. The van der Waals surface area contributed by atoms with E-state index < -0.39 is 0 Å². The summed E-state index contributed by atoms with van der Waals surface area (Å²) in [5, 5.41) is 0. The molecule has 100 valence electrons. The standard InChI is InChI=1S/C15H24N2O/c1-12-10-17(11-15(2,3)18-12)14-7-5-4-6-13(14)8-9-16/h4-7,12H,8-11,16H2,1-3H3. The molecule has 0 saturated carbocycles. The van der Waals surface area contributed by atoms with Crippen LogP contribution in [0.25, 0.3) is 0 Å². The maximum atomic E-state index is 5.96. The Labute approximate surface area is 110 Å². The highest BCUT2D eigenvalue weighted by Crippen LogP contribution is 2.28. The van der Waals surface area contributed by atoms with Crippen LogP contribution < -0.4 is 10.6 Å². The largest absolute Gasteiger partial charge is 0.369 e. The molecule has 2 rings (SSSR count). The molecule has 0 amide bonds. The summed E-state index contributed by atoms with van der Waals surface area (Å²) in [6.45, 7) is 9.02. The second-order valence-electron chi connectivity index (χ2n) is 5.74. The third-order valence-corrected chi connectivity index (χ3v) is 3.32. The average molecular weight is 248 g/mol. The predicted molar refractivity (Wildman–Crippen MR) is 76.0 cm³/mol. The van der Waals surface area contributed by atoms with Crippen LogP contribution in [0.3, 0.4) is 0 Å². The third-order valence-electron chi connectivity index (χ3n) is 3.32. The van der Waals surface area contributed by atoms with Crippen molar-refractivity contribution >= 4 is 5.69 Å². The number of benzene rings is 1. The van der Waals surface area contributed by atoms with Gasteiger partial charge in [0.1, 0.15) is 0 Å². The SMILES string of the molecule is CC1CN(c2ccccc2CCN)CC(C)(C)O1. The molecule has 2 N–H and O–H groups in total. The minimum absolute atomic E-state index is 0.0898. The summed E-state index contributed by atoms with van der Waals surface area (Å²) in [5.41, 5.74) is 8.26. The lowest BCUT2D eigenvalue weighted by atomic mass is 10.0. The van der Waals surface area contributed by atoms with E-state index in [9.17, 15) is 0 Å². The molecule has 18 heavy (non-hydrogen) atoms. The number of nitrogens with zero attached hydrogens (tertiary/aromatic N) is 1. The molecule has 1 heterocycles. The summed E-state index contributed by atoms with van der Waals surface area (Å²) in [6.07, 6.45) is 1.20. The molecule has 0 radical (unpaired) electrons. The van der Waals surface area contributed by atoms with Gasteiger partial charge in [0.25, 0.3) is 0 Å². The lowest BCUT2D eigenvalue weighted by Gasteiger charge is -2.43. The number of rotatable bonds is 3. The van der Waals surface area contributed by atoms with E-state index in [1.54, 1.807) is 0 Å². The fourth-order valence-corrected chi connectivity index (χ4v) is 2.82. The number of nitrogens with two attached hydrogens (primary N) is 1. The summed E-state index contributed by atoms with van der Waals surface area (Å²) in [5.74, 6) is 0. The molecule has 1 saturated heterocycles. The maximum Gasteiger partial charge on any atom is 0.0805 e. The zero-order valence-electron chi connectivity index (χ0n) is 11.6. The van der Waals surface area contributed by atoms with Crippen LogP contribution in [0.15, 0.2) is 24.3 Å². The first-order valence-corrected chi connectivity index (χ1v) is 6.72. The number of morpholine rings is 1. The highest BCUT2D eigenvalue weighted by molar-refractivity contribution is 5.54. The molecule has 0 bridgehead atoms. The van der Waals surface area contributed by atoms with Gasteiger partial charge in [-0.15, -0.1) is 0 Å². The van der Waals surface area contributed by atoms with Crippen molar-refractivity contribution in [2.45, 2.75) is 38.9 Å². The molecule has 1 aliphatic heterocycles. The van der Waals surface area contributed by atoms with Crippen LogP contribution in [0.4, 0.5) is 5.69 Å². The van der Waals surface area contributed by atoms with E-state index in [4.69, 9.17) is 10.5 Å². The van der Waals surface area contributed by atoms with E-state index >= 15 is 0 Å². The minimum atomic E-state index is -0.0898. The van der Waals surface area contributed by atoms with E-state index in [0.29, 0.717) is 6.54 Å². The maximum absolute atomic E-state index is 5.96. The lowest BCUT2D eigenvalue weighted by Crippen LogP contribution is -2.52. The van der Waals surface area contributed by atoms with Gasteiger partial charge in [-0.2, -0.15) is 0 Å². The van der Waals surface area contributed by atoms with Gasteiger partial charge in [-0.05, 0) is 45.4 Å². The first-order valence-electron chi connectivity index (χ1n) is 6.72. The fraction of sp³-hybridized carbons (Fsp3) is 0.600. The number of anilines is 1. The van der Waals surface area contributed by atoms with Crippen molar-refractivity contribution in [3.8, 4) is 0 Å². The normalized spacial score (nSPS) is 23.1. The molecule has 1 aromatic rings. The van der Waals surface area contributed by atoms with Crippen molar-refractivity contribution in [1.29, 1.82) is 0 Å². The van der Waals surface area contributed by atoms with Gasteiger partial charge in [-0.3, -0.25) is 0 Å². The summed E-state index contributed by atoms with van der Waals surface area (Å²) in [6, 6.07) is 8.56. The topological polar surface area (TPSA) is 38.5 Å². The monoisotopic (exact) mass is 248 g/mol. The molecule has 3 heteroatoms. The third kappa shape index (κ3) is 3.03. The Morgan fingerprint density at radius 2 is 2.11 bits per heavy atom. The number of hydrogen-bond donors (Lipinski definition) is 1. The first-order chi connectivity index (χ1) is 8.52. The molecule has 1 aromatic carbocycles. The second kappa shape index (κ2) is 5.29. The van der Waals surface area contributed by atoms with Crippen molar-refractivity contribution in [2.24, 2.45) is 5.73 Å². The van der Waals surface area contributed by atoms with Gasteiger partial charge >= 0.3 is 0 Å². The average Bonchev–Trinajstić information content (AvgIpc) is 2.27. The van der Waals surface area contributed by atoms with E-state index in [2.05, 4.69) is 49.9 Å². The van der Waals surface area contributed by atoms with Gasteiger partial charge in [-0.1, -0.05) is 18.2 Å². The smallest absolute Gasteiger partial charge is 0.0805 e. The molecular formula is C15H24N2O. The van der Waals surface area contributed by atoms with Crippen LogP contribution in [-0.4, -0.2) is 31.3 Å². The van der Waals surface area contributed by atoms with Crippen molar-refractivity contribution in [2.75, 3.05) is 24.5 Å². The molecule has 1 atom stereocenters. The van der Waals surface area contributed by atoms with Gasteiger partial charge < -0.3 is 15.4 Å². The number of ether oxygens (including phenoxy) is 1. The summed E-state index contributed by atoms with van der Waals surface area (Å²) < 4.78 is 5.96. The van der Waals surface area contributed by atoms with Crippen molar-refractivity contribution in [1.82, 2.24) is 0 Å². The molecule has 0 aromatic heterocycles. The molecule has 0 spiro atoms. The molecule has 3 nitrogen and oxygen atoms in total. The molecule has 1 unspecified atom stereocenters. The highest BCUT2D eigenvalue weighted by Gasteiger charge is 2.31. The van der Waals surface area contributed by atoms with Gasteiger partial charge in [-0.25, -0.2) is 0 Å². The highest BCUT2D eigenvalue weighted by atomic mass is 16.5. The number of hydrogen-bond acceptors (Lipinski definition) is 3. The van der Waals surface area contributed by atoms with Crippen LogP contribution in [-0.2, 0) is 11.2 Å². The van der Waals surface area contributed by atoms with Crippen LogP contribution in [0, 0.1) is 0 Å². The summed E-state index contributed by atoms with van der Waals surface area (Å²) in [4.78, 5) is 2.43. The molecular weight excluding hydrogens is 224 g/mol. The van der Waals surface area contributed by atoms with E-state index in [1.165, 1.54) is 11.3 Å². The first kappa shape index (κ1) is 13.4. The van der Waals surface area contributed by atoms with Gasteiger partial charge in [0.15, 0.2) is 0 Å². The van der Waals surface area contributed by atoms with Gasteiger partial charge in [0.05, 0.1) is 11.7 Å². The molecule has 0 aliphatic carbocycles. The quantitative estimate of drug-likeness (QED) is 0.891. The Bertz CT molecular complexity index is 403. The Balaban J connectivity index is 2.25. The Hall–Kier alpha value is -1.06. The fourth-order valence-electron chi connectivity index (χ4n) is 2.82. The summed E-state index contributed by atoms with van der Waals surface area (Å²) in [7, 11) is 0.